The molecule has 0 spiro atoms. The third-order valence-electron chi connectivity index (χ3n) is 3.88. The molecule has 0 aromatic heterocycles. The summed E-state index contributed by atoms with van der Waals surface area (Å²) >= 11 is 0. The normalized spacial score (nSPS) is 16.4. The maximum absolute atomic E-state index is 12.0. The monoisotopic (exact) mass is 276 g/mol. The molecule has 0 bridgehead atoms. The van der Waals surface area contributed by atoms with Gasteiger partial charge in [0.15, 0.2) is 0 Å². The van der Waals surface area contributed by atoms with Crippen molar-refractivity contribution in [3.63, 3.8) is 0 Å². The van der Waals surface area contributed by atoms with Gasteiger partial charge < -0.3 is 10.6 Å². The molecule has 1 saturated carbocycles. The first-order valence-corrected chi connectivity index (χ1v) is 6.88. The second kappa shape index (κ2) is 8.00. The average molecular weight is 277 g/mol. The summed E-state index contributed by atoms with van der Waals surface area (Å²) in [5, 5.41) is 0. The van der Waals surface area contributed by atoms with Crippen molar-refractivity contribution < 1.29 is 4.79 Å². The summed E-state index contributed by atoms with van der Waals surface area (Å²) in [5.41, 5.74) is 5.72. The molecule has 0 aromatic carbocycles. The van der Waals surface area contributed by atoms with Gasteiger partial charge in [0.05, 0.1) is 0 Å². The number of hydrogen-bond donors (Lipinski definition) is 1. The number of halogens is 1. The molecule has 1 amide bonds. The van der Waals surface area contributed by atoms with Crippen molar-refractivity contribution in [2.45, 2.75) is 52.4 Å². The van der Waals surface area contributed by atoms with Crippen molar-refractivity contribution in [3.05, 3.63) is 0 Å². The summed E-state index contributed by atoms with van der Waals surface area (Å²) in [6, 6.07) is 0. The molecule has 2 N–H and O–H groups in total. The molecule has 18 heavy (non-hydrogen) atoms. The molecule has 1 aliphatic rings. The van der Waals surface area contributed by atoms with Gasteiger partial charge in [-0.15, -0.1) is 12.4 Å². The van der Waals surface area contributed by atoms with E-state index in [0.717, 1.165) is 18.9 Å². The van der Waals surface area contributed by atoms with Crippen LogP contribution in [-0.4, -0.2) is 30.9 Å². The molecule has 0 aliphatic heterocycles. The highest BCUT2D eigenvalue weighted by atomic mass is 35.5. The lowest BCUT2D eigenvalue weighted by Gasteiger charge is -2.29. The Morgan fingerprint density at radius 2 is 1.89 bits per heavy atom. The number of nitrogens with zero attached hydrogens (tertiary/aromatic N) is 1. The molecule has 4 heteroatoms. The third kappa shape index (κ3) is 6.05. The van der Waals surface area contributed by atoms with E-state index in [4.69, 9.17) is 5.73 Å². The second-order valence-corrected chi connectivity index (χ2v) is 6.31. The predicted octanol–water partition coefficient (Wildman–Crippen LogP) is 2.82. The molecule has 0 radical (unpaired) electrons. The van der Waals surface area contributed by atoms with Crippen molar-refractivity contribution in [2.24, 2.45) is 17.1 Å². The van der Waals surface area contributed by atoms with Gasteiger partial charge in [-0.2, -0.15) is 0 Å². The lowest BCUT2D eigenvalue weighted by molar-refractivity contribution is -0.131. The first-order chi connectivity index (χ1) is 7.94. The van der Waals surface area contributed by atoms with Gasteiger partial charge in [0.25, 0.3) is 0 Å². The fourth-order valence-corrected chi connectivity index (χ4v) is 2.61. The number of nitrogens with two attached hydrogens (primary N) is 1. The zero-order chi connectivity index (χ0) is 12.9. The van der Waals surface area contributed by atoms with Gasteiger partial charge in [-0.3, -0.25) is 4.79 Å². The smallest absolute Gasteiger partial charge is 0.222 e. The molecular formula is C14H29ClN2O. The zero-order valence-corrected chi connectivity index (χ0v) is 12.9. The molecular weight excluding hydrogens is 248 g/mol. The second-order valence-electron chi connectivity index (χ2n) is 6.31. The summed E-state index contributed by atoms with van der Waals surface area (Å²) in [5.74, 6) is 1.08. The largest absolute Gasteiger partial charge is 0.345 e. The molecule has 1 fully saturated rings. The molecule has 0 saturated heterocycles. The molecule has 0 aromatic rings. The van der Waals surface area contributed by atoms with Gasteiger partial charge in [-0.1, -0.05) is 39.5 Å². The number of carbonyl (C=O) groups excluding carboxylic acids is 1. The van der Waals surface area contributed by atoms with E-state index < -0.39 is 0 Å². The Bertz CT molecular complexity index is 250. The summed E-state index contributed by atoms with van der Waals surface area (Å²) in [6.45, 7) is 5.59. The third-order valence-corrected chi connectivity index (χ3v) is 3.88. The maximum atomic E-state index is 12.0. The van der Waals surface area contributed by atoms with Crippen molar-refractivity contribution in [2.75, 3.05) is 20.1 Å². The summed E-state index contributed by atoms with van der Waals surface area (Å²) in [7, 11) is 1.90. The number of rotatable bonds is 6. The Morgan fingerprint density at radius 1 is 1.33 bits per heavy atom. The highest BCUT2D eigenvalue weighted by Crippen LogP contribution is 2.28. The average Bonchev–Trinajstić information content (AvgIpc) is 2.78. The number of hydrogen-bond acceptors (Lipinski definition) is 2. The van der Waals surface area contributed by atoms with Gasteiger partial charge in [-0.05, 0) is 24.3 Å². The first kappa shape index (κ1) is 17.7. The molecule has 1 rings (SSSR count). The lowest BCUT2D eigenvalue weighted by atomic mass is 9.93. The van der Waals surface area contributed by atoms with E-state index in [9.17, 15) is 4.79 Å². The minimum atomic E-state index is 0. The fraction of sp³-hybridized carbons (Fsp3) is 0.929. The van der Waals surface area contributed by atoms with Crippen molar-refractivity contribution >= 4 is 18.3 Å². The van der Waals surface area contributed by atoms with Crippen LogP contribution >= 0.6 is 12.4 Å². The van der Waals surface area contributed by atoms with Crippen LogP contribution in [0, 0.1) is 11.3 Å². The van der Waals surface area contributed by atoms with Crippen LogP contribution in [0.15, 0.2) is 0 Å². The van der Waals surface area contributed by atoms with Gasteiger partial charge in [0.1, 0.15) is 0 Å². The standard InChI is InChI=1S/C14H28N2O.ClH/c1-14(2,10-15)11-16(3)13(17)9-8-12-6-4-5-7-12;/h12H,4-11,15H2,1-3H3;1H. The highest BCUT2D eigenvalue weighted by Gasteiger charge is 2.22. The molecule has 0 heterocycles. The summed E-state index contributed by atoms with van der Waals surface area (Å²) in [4.78, 5) is 13.8. The molecule has 0 atom stereocenters. The van der Waals surface area contributed by atoms with Crippen LogP contribution in [-0.2, 0) is 4.79 Å². The summed E-state index contributed by atoms with van der Waals surface area (Å²) < 4.78 is 0. The van der Waals surface area contributed by atoms with E-state index in [1.165, 1.54) is 25.7 Å². The summed E-state index contributed by atoms with van der Waals surface area (Å²) in [6.07, 6.45) is 7.15. The Labute approximate surface area is 118 Å². The van der Waals surface area contributed by atoms with E-state index in [0.29, 0.717) is 13.0 Å². The highest BCUT2D eigenvalue weighted by molar-refractivity contribution is 5.85. The quantitative estimate of drug-likeness (QED) is 0.811. The maximum Gasteiger partial charge on any atom is 0.222 e. The van der Waals surface area contributed by atoms with Gasteiger partial charge >= 0.3 is 0 Å². The van der Waals surface area contributed by atoms with Crippen LogP contribution in [0.1, 0.15) is 52.4 Å². The molecule has 3 nitrogen and oxygen atoms in total. The van der Waals surface area contributed by atoms with Crippen molar-refractivity contribution in [3.8, 4) is 0 Å². The Balaban J connectivity index is 0.00000289. The Morgan fingerprint density at radius 3 is 2.39 bits per heavy atom. The van der Waals surface area contributed by atoms with Crippen molar-refractivity contribution in [1.82, 2.24) is 4.90 Å². The predicted molar refractivity (Wildman–Crippen MR) is 78.9 cm³/mol. The van der Waals surface area contributed by atoms with E-state index in [-0.39, 0.29) is 23.7 Å². The van der Waals surface area contributed by atoms with Gasteiger partial charge in [0, 0.05) is 20.0 Å². The van der Waals surface area contributed by atoms with Crippen LogP contribution in [0.2, 0.25) is 0 Å². The SMILES string of the molecule is CN(CC(C)(C)CN)C(=O)CCC1CCCC1.Cl. The minimum absolute atomic E-state index is 0. The first-order valence-electron chi connectivity index (χ1n) is 6.88. The van der Waals surface area contributed by atoms with Crippen LogP contribution in [0.5, 0.6) is 0 Å². The Hall–Kier alpha value is -0.280. The van der Waals surface area contributed by atoms with Crippen LogP contribution in [0.25, 0.3) is 0 Å². The van der Waals surface area contributed by atoms with Gasteiger partial charge in [-0.25, -0.2) is 0 Å². The van der Waals surface area contributed by atoms with E-state index >= 15 is 0 Å². The lowest BCUT2D eigenvalue weighted by Crippen LogP contribution is -2.39. The minimum Gasteiger partial charge on any atom is -0.345 e. The Kier molecular flexibility index (Phi) is 7.88. The molecule has 1 aliphatic carbocycles. The number of carbonyl (C=O) groups is 1. The van der Waals surface area contributed by atoms with E-state index in [1.54, 1.807) is 0 Å². The molecule has 0 unspecified atom stereocenters. The van der Waals surface area contributed by atoms with Crippen LogP contribution in [0.3, 0.4) is 0 Å². The van der Waals surface area contributed by atoms with Crippen molar-refractivity contribution in [1.29, 1.82) is 0 Å². The van der Waals surface area contributed by atoms with Crippen LogP contribution in [0.4, 0.5) is 0 Å². The topological polar surface area (TPSA) is 46.3 Å². The van der Waals surface area contributed by atoms with E-state index in [2.05, 4.69) is 13.8 Å². The molecule has 108 valence electrons. The van der Waals surface area contributed by atoms with E-state index in [1.807, 2.05) is 11.9 Å². The van der Waals surface area contributed by atoms with Gasteiger partial charge in [0.2, 0.25) is 5.91 Å². The zero-order valence-electron chi connectivity index (χ0n) is 12.1. The fourth-order valence-electron chi connectivity index (χ4n) is 2.61. The van der Waals surface area contributed by atoms with Crippen LogP contribution < -0.4 is 5.73 Å². The number of amides is 1.